The normalized spacial score (nSPS) is 9.53. The van der Waals surface area contributed by atoms with Crippen molar-refractivity contribution in [2.45, 2.75) is 6.54 Å². The van der Waals surface area contributed by atoms with E-state index in [0.717, 1.165) is 9.75 Å². The highest BCUT2D eigenvalue weighted by molar-refractivity contribution is 7.12. The van der Waals surface area contributed by atoms with Gasteiger partial charge < -0.3 is 11.1 Å². The van der Waals surface area contributed by atoms with Crippen molar-refractivity contribution in [3.63, 3.8) is 0 Å². The van der Waals surface area contributed by atoms with E-state index in [1.807, 2.05) is 12.1 Å². The Balaban J connectivity index is 1.92. The Morgan fingerprint density at radius 2 is 2.26 bits per heavy atom. The van der Waals surface area contributed by atoms with Crippen molar-refractivity contribution < 1.29 is 4.79 Å². The van der Waals surface area contributed by atoms with E-state index >= 15 is 0 Å². The van der Waals surface area contributed by atoms with Crippen LogP contribution in [0.4, 0.5) is 0 Å². The summed E-state index contributed by atoms with van der Waals surface area (Å²) in [7, 11) is 0. The maximum Gasteiger partial charge on any atom is 0.253 e. The quantitative estimate of drug-likeness (QED) is 0.809. The van der Waals surface area contributed by atoms with Crippen LogP contribution in [0.15, 0.2) is 30.6 Å². The van der Waals surface area contributed by atoms with Crippen LogP contribution in [0, 0.1) is 11.8 Å². The molecule has 0 unspecified atom stereocenters. The van der Waals surface area contributed by atoms with Crippen molar-refractivity contribution in [2.24, 2.45) is 5.73 Å². The van der Waals surface area contributed by atoms with Gasteiger partial charge in [-0.1, -0.05) is 11.8 Å². The minimum absolute atomic E-state index is 0.169. The molecule has 2 aromatic heterocycles. The van der Waals surface area contributed by atoms with Crippen LogP contribution < -0.4 is 11.1 Å². The number of hydrogen-bond donors (Lipinski definition) is 2. The lowest BCUT2D eigenvalue weighted by Crippen LogP contribution is -2.22. The molecule has 2 heterocycles. The van der Waals surface area contributed by atoms with Gasteiger partial charge >= 0.3 is 0 Å². The second-order valence-electron chi connectivity index (χ2n) is 3.59. The first-order chi connectivity index (χ1) is 9.29. The topological polar surface area (TPSA) is 80.9 Å². The van der Waals surface area contributed by atoms with Crippen LogP contribution in [0.2, 0.25) is 0 Å². The van der Waals surface area contributed by atoms with E-state index in [0.29, 0.717) is 18.7 Å². The average molecular weight is 272 g/mol. The molecule has 0 saturated heterocycles. The summed E-state index contributed by atoms with van der Waals surface area (Å²) in [5.74, 6) is 5.58. The third kappa shape index (κ3) is 3.88. The van der Waals surface area contributed by atoms with E-state index in [2.05, 4.69) is 27.4 Å². The van der Waals surface area contributed by atoms with Crippen LogP contribution in [0.3, 0.4) is 0 Å². The Morgan fingerprint density at radius 1 is 1.37 bits per heavy atom. The second kappa shape index (κ2) is 6.64. The van der Waals surface area contributed by atoms with Gasteiger partial charge in [0.05, 0.1) is 35.9 Å². The summed E-state index contributed by atoms with van der Waals surface area (Å²) < 4.78 is 0. The Morgan fingerprint density at radius 3 is 3.00 bits per heavy atom. The molecule has 3 N–H and O–H groups in total. The molecule has 0 saturated carbocycles. The summed E-state index contributed by atoms with van der Waals surface area (Å²) in [5.41, 5.74) is 5.80. The number of rotatable bonds is 3. The summed E-state index contributed by atoms with van der Waals surface area (Å²) in [6.45, 7) is 0.815. The van der Waals surface area contributed by atoms with E-state index in [9.17, 15) is 4.79 Å². The molecule has 0 aromatic carbocycles. The van der Waals surface area contributed by atoms with Crippen LogP contribution >= 0.6 is 11.3 Å². The van der Waals surface area contributed by atoms with E-state index in [1.165, 1.54) is 23.7 Å². The highest BCUT2D eigenvalue weighted by Gasteiger charge is 2.05. The van der Waals surface area contributed by atoms with Gasteiger partial charge in [0.25, 0.3) is 5.91 Å². The molecule has 19 heavy (non-hydrogen) atoms. The van der Waals surface area contributed by atoms with Gasteiger partial charge in [-0.2, -0.15) is 10.2 Å². The second-order valence-corrected chi connectivity index (χ2v) is 4.75. The zero-order valence-electron chi connectivity index (χ0n) is 10.1. The van der Waals surface area contributed by atoms with Crippen LogP contribution in [-0.2, 0) is 6.54 Å². The number of nitrogens with two attached hydrogens (primary N) is 1. The molecule has 2 aromatic rings. The smallest absolute Gasteiger partial charge is 0.253 e. The fourth-order valence-electron chi connectivity index (χ4n) is 1.37. The molecule has 1 amide bonds. The molecule has 6 heteroatoms. The molecule has 0 fully saturated rings. The molecule has 2 rings (SSSR count). The molecule has 0 aliphatic carbocycles. The van der Waals surface area contributed by atoms with Gasteiger partial charge in [-0.15, -0.1) is 11.3 Å². The van der Waals surface area contributed by atoms with Crippen molar-refractivity contribution in [1.82, 2.24) is 15.5 Å². The number of carbonyl (C=O) groups is 1. The molecular formula is C13H12N4OS. The number of nitrogens with zero attached hydrogens (tertiary/aromatic N) is 2. The number of aromatic nitrogens is 2. The first-order valence-electron chi connectivity index (χ1n) is 5.62. The summed E-state index contributed by atoms with van der Waals surface area (Å²) in [4.78, 5) is 13.8. The van der Waals surface area contributed by atoms with E-state index in [4.69, 9.17) is 5.73 Å². The molecule has 96 valence electrons. The summed E-state index contributed by atoms with van der Waals surface area (Å²) in [6.07, 6.45) is 2.92. The van der Waals surface area contributed by atoms with Crippen molar-refractivity contribution in [3.8, 4) is 11.8 Å². The highest BCUT2D eigenvalue weighted by atomic mass is 32.1. The molecule has 0 atom stereocenters. The molecule has 0 bridgehead atoms. The molecule has 0 aliphatic heterocycles. The van der Waals surface area contributed by atoms with Gasteiger partial charge in [0.15, 0.2) is 0 Å². The zero-order chi connectivity index (χ0) is 13.5. The number of thiophene rings is 1. The SMILES string of the molecule is NCC#Cc1ccc(CNC(=O)c2ccnnc2)s1. The molecule has 5 nitrogen and oxygen atoms in total. The lowest BCUT2D eigenvalue weighted by Gasteiger charge is -2.02. The third-order valence-corrected chi connectivity index (χ3v) is 3.25. The average Bonchev–Trinajstić information content (AvgIpc) is 2.91. The van der Waals surface area contributed by atoms with Crippen molar-refractivity contribution in [1.29, 1.82) is 0 Å². The van der Waals surface area contributed by atoms with E-state index in [-0.39, 0.29) is 5.91 Å². The van der Waals surface area contributed by atoms with Crippen LogP contribution in [0.1, 0.15) is 20.1 Å². The van der Waals surface area contributed by atoms with Crippen molar-refractivity contribution in [2.75, 3.05) is 6.54 Å². The Kier molecular flexibility index (Phi) is 4.61. The van der Waals surface area contributed by atoms with Gasteiger partial charge in [-0.3, -0.25) is 4.79 Å². The lowest BCUT2D eigenvalue weighted by molar-refractivity contribution is 0.0950. The highest BCUT2D eigenvalue weighted by Crippen LogP contribution is 2.15. The molecule has 0 radical (unpaired) electrons. The first kappa shape index (κ1) is 13.2. The number of amides is 1. The van der Waals surface area contributed by atoms with Gasteiger partial charge in [0, 0.05) is 4.88 Å². The van der Waals surface area contributed by atoms with Crippen molar-refractivity contribution in [3.05, 3.63) is 45.9 Å². The summed E-state index contributed by atoms with van der Waals surface area (Å²) >= 11 is 1.54. The van der Waals surface area contributed by atoms with Crippen LogP contribution in [0.25, 0.3) is 0 Å². The molecular weight excluding hydrogens is 260 g/mol. The minimum Gasteiger partial charge on any atom is -0.347 e. The number of hydrogen-bond acceptors (Lipinski definition) is 5. The fraction of sp³-hybridized carbons (Fsp3) is 0.154. The van der Waals surface area contributed by atoms with Gasteiger partial charge in [-0.05, 0) is 18.2 Å². The van der Waals surface area contributed by atoms with Crippen LogP contribution in [-0.4, -0.2) is 22.6 Å². The standard InChI is InChI=1S/C13H12N4OS/c14-6-1-2-11-3-4-12(19-11)9-15-13(18)10-5-7-16-17-8-10/h3-5,7-8H,6,9,14H2,(H,15,18). The van der Waals surface area contributed by atoms with Gasteiger partial charge in [-0.25, -0.2) is 0 Å². The largest absolute Gasteiger partial charge is 0.347 e. The fourth-order valence-corrected chi connectivity index (χ4v) is 2.19. The minimum atomic E-state index is -0.169. The molecule has 0 spiro atoms. The maximum absolute atomic E-state index is 11.8. The van der Waals surface area contributed by atoms with E-state index < -0.39 is 0 Å². The number of nitrogens with one attached hydrogen (secondary N) is 1. The van der Waals surface area contributed by atoms with Crippen molar-refractivity contribution >= 4 is 17.2 Å². The first-order valence-corrected chi connectivity index (χ1v) is 6.44. The lowest BCUT2D eigenvalue weighted by atomic mass is 10.3. The number of carbonyl (C=O) groups excluding carboxylic acids is 1. The monoisotopic (exact) mass is 272 g/mol. The Labute approximate surface area is 114 Å². The maximum atomic E-state index is 11.8. The van der Waals surface area contributed by atoms with E-state index in [1.54, 1.807) is 6.07 Å². The predicted molar refractivity (Wildman–Crippen MR) is 73.5 cm³/mol. The Bertz CT molecular complexity index is 612. The Hall–Kier alpha value is -2.23. The third-order valence-electron chi connectivity index (χ3n) is 2.24. The zero-order valence-corrected chi connectivity index (χ0v) is 10.9. The predicted octanol–water partition coefficient (Wildman–Crippen LogP) is 0.778. The van der Waals surface area contributed by atoms with Crippen LogP contribution in [0.5, 0.6) is 0 Å². The van der Waals surface area contributed by atoms with Gasteiger partial charge in [0.2, 0.25) is 0 Å². The van der Waals surface area contributed by atoms with Gasteiger partial charge in [0.1, 0.15) is 0 Å². The molecule has 0 aliphatic rings. The summed E-state index contributed by atoms with van der Waals surface area (Å²) in [5, 5.41) is 10.1. The summed E-state index contributed by atoms with van der Waals surface area (Å²) in [6, 6.07) is 5.48.